The van der Waals surface area contributed by atoms with Crippen LogP contribution in [-0.4, -0.2) is 10.1 Å². The Morgan fingerprint density at radius 3 is 2.44 bits per heavy atom. The quantitative estimate of drug-likeness (QED) is 0.657. The third-order valence-electron chi connectivity index (χ3n) is 0.906. The minimum absolute atomic E-state index is 0.380. The molecule has 0 fully saturated rings. The molecule has 0 aliphatic carbocycles. The van der Waals surface area contributed by atoms with E-state index in [4.69, 9.17) is 10.4 Å². The second kappa shape index (κ2) is 3.94. The predicted octanol–water partition coefficient (Wildman–Crippen LogP) is 1.69. The van der Waals surface area contributed by atoms with Crippen LogP contribution in [0.4, 0.5) is 0 Å². The topological polar surface area (TPSA) is 46.2 Å². The molecule has 0 amide bonds. The van der Waals surface area contributed by atoms with Crippen molar-refractivity contribution < 1.29 is 4.89 Å². The number of nitrogens with two attached hydrogens (primary N) is 1. The van der Waals surface area contributed by atoms with E-state index < -0.39 is 5.62 Å². The second-order valence-electron chi connectivity index (χ2n) is 1.89. The summed E-state index contributed by atoms with van der Waals surface area (Å²) in [4.78, 5) is 8.99. The summed E-state index contributed by atoms with van der Waals surface area (Å²) in [5.74, 6) is 0. The first-order valence-corrected chi connectivity index (χ1v) is 7.06. The van der Waals surface area contributed by atoms with Gasteiger partial charge in [0.05, 0.1) is 0 Å². The van der Waals surface area contributed by atoms with E-state index >= 15 is 0 Å². The number of hydrogen-bond donors (Lipinski definition) is 2. The first-order valence-electron chi connectivity index (χ1n) is 2.75. The van der Waals surface area contributed by atoms with Gasteiger partial charge in [0.2, 0.25) is 0 Å². The monoisotopic (exact) mass is 185 g/mol. The molecule has 0 radical (unpaired) electrons. The third-order valence-corrected chi connectivity index (χ3v) is 4.66. The third kappa shape index (κ3) is 6.81. The average molecular weight is 185 g/mol. The fourth-order valence-corrected chi connectivity index (χ4v) is 4.31. The molecule has 56 valence electrons. The lowest BCUT2D eigenvalue weighted by molar-refractivity contribution is 0.639. The molecule has 0 heterocycles. The van der Waals surface area contributed by atoms with Crippen LogP contribution in [0.5, 0.6) is 0 Å². The molecule has 9 heavy (non-hydrogen) atoms. The van der Waals surface area contributed by atoms with Crippen molar-refractivity contribution >= 4 is 28.8 Å². The van der Waals surface area contributed by atoms with E-state index in [2.05, 4.69) is 11.8 Å². The van der Waals surface area contributed by atoms with Crippen LogP contribution in [0.15, 0.2) is 0 Å². The van der Waals surface area contributed by atoms with Gasteiger partial charge in [-0.1, -0.05) is 25.2 Å². The minimum atomic E-state index is -2.49. The zero-order valence-electron chi connectivity index (χ0n) is 5.57. The molecule has 0 aromatic carbocycles. The van der Waals surface area contributed by atoms with E-state index in [9.17, 15) is 0 Å². The lowest BCUT2D eigenvalue weighted by Crippen LogP contribution is -1.96. The maximum atomic E-state index is 8.99. The van der Waals surface area contributed by atoms with Crippen LogP contribution in [0.25, 0.3) is 0 Å². The Labute approximate surface area is 65.1 Å². The molecule has 3 N–H and O–H groups in total. The highest BCUT2D eigenvalue weighted by molar-refractivity contribution is 8.68. The molecule has 0 aromatic heterocycles. The Kier molecular flexibility index (Phi) is 4.34. The summed E-state index contributed by atoms with van der Waals surface area (Å²) >= 11 is 5.95. The molecule has 0 saturated heterocycles. The molecular formula is C4H12NOPS2. The lowest BCUT2D eigenvalue weighted by atomic mass is 10.4. The van der Waals surface area contributed by atoms with Crippen molar-refractivity contribution in [3.05, 3.63) is 0 Å². The molecular weight excluding hydrogens is 173 g/mol. The molecule has 2 nitrogen and oxygen atoms in total. The first-order chi connectivity index (χ1) is 3.95. The van der Waals surface area contributed by atoms with E-state index in [0.717, 1.165) is 6.42 Å². The van der Waals surface area contributed by atoms with E-state index in [0.29, 0.717) is 5.25 Å². The molecule has 0 rings (SSSR count). The van der Waals surface area contributed by atoms with Crippen molar-refractivity contribution in [1.29, 1.82) is 0 Å². The largest absolute Gasteiger partial charge is 0.346 e. The van der Waals surface area contributed by atoms with Gasteiger partial charge in [-0.3, -0.25) is 5.50 Å². The lowest BCUT2D eigenvalue weighted by Gasteiger charge is -2.12. The minimum Gasteiger partial charge on any atom is -0.346 e. The fourth-order valence-electron chi connectivity index (χ4n) is 0.332. The molecule has 0 aliphatic rings. The molecule has 0 aromatic rings. The Morgan fingerprint density at radius 2 is 2.33 bits per heavy atom. The molecule has 2 unspecified atom stereocenters. The van der Waals surface area contributed by atoms with Gasteiger partial charge in [-0.05, 0) is 18.2 Å². The average Bonchev–Trinajstić information content (AvgIpc) is 1.62. The van der Waals surface area contributed by atoms with Gasteiger partial charge in [0.25, 0.3) is 0 Å². The highest BCUT2D eigenvalue weighted by Crippen LogP contribution is 2.49. The summed E-state index contributed by atoms with van der Waals surface area (Å²) in [5, 5.41) is 0.380. The highest BCUT2D eigenvalue weighted by atomic mass is 32.9. The Bertz CT molecular complexity index is 124. The van der Waals surface area contributed by atoms with Gasteiger partial charge < -0.3 is 4.89 Å². The van der Waals surface area contributed by atoms with Crippen LogP contribution < -0.4 is 5.50 Å². The van der Waals surface area contributed by atoms with Crippen molar-refractivity contribution in [1.82, 2.24) is 0 Å². The summed E-state index contributed by atoms with van der Waals surface area (Å²) in [7, 11) is 0. The van der Waals surface area contributed by atoms with Crippen LogP contribution in [0, 0.1) is 0 Å². The first kappa shape index (κ1) is 9.92. The number of hydrogen-bond acceptors (Lipinski definition) is 2. The second-order valence-corrected chi connectivity index (χ2v) is 8.70. The van der Waals surface area contributed by atoms with Crippen molar-refractivity contribution in [2.45, 2.75) is 25.5 Å². The Balaban J connectivity index is 3.60. The van der Waals surface area contributed by atoms with Crippen molar-refractivity contribution in [2.24, 2.45) is 5.50 Å². The molecule has 0 bridgehead atoms. The SMILES string of the molecule is CCC(C)SP(N)(O)=S. The van der Waals surface area contributed by atoms with Crippen molar-refractivity contribution in [2.75, 3.05) is 0 Å². The standard InChI is InChI=1S/C4H12NOPS2/c1-3-4(2)9-7(5,6)8/h4H,3H2,1-2H3,(H3,5,6,8). The van der Waals surface area contributed by atoms with Gasteiger partial charge in [0.15, 0.2) is 5.62 Å². The van der Waals surface area contributed by atoms with Crippen molar-refractivity contribution in [3.63, 3.8) is 0 Å². The van der Waals surface area contributed by atoms with Crippen molar-refractivity contribution in [3.8, 4) is 0 Å². The van der Waals surface area contributed by atoms with E-state index in [1.165, 1.54) is 11.4 Å². The Hall–Kier alpha value is 0.920. The fraction of sp³-hybridized carbons (Fsp3) is 1.00. The van der Waals surface area contributed by atoms with Crippen LogP contribution in [0.1, 0.15) is 20.3 Å². The molecule has 5 heteroatoms. The zero-order valence-corrected chi connectivity index (χ0v) is 8.10. The number of rotatable bonds is 3. The maximum Gasteiger partial charge on any atom is 0.180 e. The predicted molar refractivity (Wildman–Crippen MR) is 48.0 cm³/mol. The van der Waals surface area contributed by atoms with Gasteiger partial charge in [-0.2, -0.15) is 0 Å². The van der Waals surface area contributed by atoms with Gasteiger partial charge in [-0.15, -0.1) is 0 Å². The van der Waals surface area contributed by atoms with Crippen LogP contribution in [0.3, 0.4) is 0 Å². The Morgan fingerprint density at radius 1 is 1.89 bits per heavy atom. The summed E-state index contributed by atoms with van der Waals surface area (Å²) in [5.41, 5.74) is 2.77. The summed E-state index contributed by atoms with van der Waals surface area (Å²) in [6.07, 6.45) is 1.00. The summed E-state index contributed by atoms with van der Waals surface area (Å²) in [6, 6.07) is 0. The maximum absolute atomic E-state index is 8.99. The van der Waals surface area contributed by atoms with E-state index in [-0.39, 0.29) is 0 Å². The van der Waals surface area contributed by atoms with Gasteiger partial charge in [0, 0.05) is 5.25 Å². The molecule has 0 saturated carbocycles. The summed E-state index contributed by atoms with van der Waals surface area (Å²) < 4.78 is 0. The van der Waals surface area contributed by atoms with Crippen LogP contribution in [0.2, 0.25) is 0 Å². The van der Waals surface area contributed by atoms with Gasteiger partial charge >= 0.3 is 0 Å². The zero-order chi connectivity index (χ0) is 7.49. The van der Waals surface area contributed by atoms with Crippen LogP contribution in [-0.2, 0) is 11.8 Å². The molecule has 0 spiro atoms. The molecule has 2 atom stereocenters. The highest BCUT2D eigenvalue weighted by Gasteiger charge is 2.10. The molecule has 0 aliphatic heterocycles. The van der Waals surface area contributed by atoms with Crippen LogP contribution >= 0.6 is 17.0 Å². The summed E-state index contributed by atoms with van der Waals surface area (Å²) in [6.45, 7) is 4.05. The normalized spacial score (nSPS) is 20.9. The van der Waals surface area contributed by atoms with Gasteiger partial charge in [-0.25, -0.2) is 0 Å². The van der Waals surface area contributed by atoms with Gasteiger partial charge in [0.1, 0.15) is 0 Å². The smallest absolute Gasteiger partial charge is 0.180 e. The van der Waals surface area contributed by atoms with E-state index in [1.54, 1.807) is 0 Å². The van der Waals surface area contributed by atoms with E-state index in [1.807, 2.05) is 13.8 Å².